The number of carboxylic acid groups (broad SMARTS) is 1. The third-order valence-electron chi connectivity index (χ3n) is 2.09. The van der Waals surface area contributed by atoms with E-state index in [1.54, 1.807) is 12.1 Å². The van der Waals surface area contributed by atoms with Crippen molar-refractivity contribution in [2.24, 2.45) is 0 Å². The van der Waals surface area contributed by atoms with Crippen LogP contribution in [-0.4, -0.2) is 21.3 Å². The second kappa shape index (κ2) is 3.58. The molecule has 1 aromatic carbocycles. The molecule has 0 fully saturated rings. The van der Waals surface area contributed by atoms with E-state index in [4.69, 9.17) is 10.8 Å². The minimum absolute atomic E-state index is 0.0834. The molecule has 0 aliphatic carbocycles. The first-order chi connectivity index (χ1) is 7.61. The van der Waals surface area contributed by atoms with Gasteiger partial charge in [0, 0.05) is 5.56 Å². The van der Waals surface area contributed by atoms with E-state index in [1.165, 1.54) is 12.1 Å². The molecule has 2 rings (SSSR count). The van der Waals surface area contributed by atoms with Gasteiger partial charge in [0.15, 0.2) is 0 Å². The van der Waals surface area contributed by atoms with Crippen LogP contribution in [0.15, 0.2) is 28.8 Å². The number of aromatic hydroxyl groups is 1. The Bertz CT molecular complexity index is 548. The number of hydrogen-bond donors (Lipinski definition) is 3. The summed E-state index contributed by atoms with van der Waals surface area (Å²) in [5.74, 6) is -1.49. The van der Waals surface area contributed by atoms with Crippen molar-refractivity contribution in [3.05, 3.63) is 30.0 Å². The lowest BCUT2D eigenvalue weighted by atomic mass is 10.0. The molecule has 0 unspecified atom stereocenters. The summed E-state index contributed by atoms with van der Waals surface area (Å²) >= 11 is 0. The standard InChI is InChI=1S/C10H8N2O4/c11-9-7(8(10(14)15)12-16-9)5-3-1-2-4-6(5)13/h1-4,13H,11H2,(H,14,15). The number of aromatic nitrogens is 1. The van der Waals surface area contributed by atoms with Gasteiger partial charge in [0.25, 0.3) is 0 Å². The monoisotopic (exact) mass is 220 g/mol. The topological polar surface area (TPSA) is 110 Å². The van der Waals surface area contributed by atoms with Gasteiger partial charge in [-0.05, 0) is 6.07 Å². The van der Waals surface area contributed by atoms with E-state index in [0.29, 0.717) is 0 Å². The van der Waals surface area contributed by atoms with E-state index in [0.717, 1.165) is 0 Å². The van der Waals surface area contributed by atoms with Crippen molar-refractivity contribution in [2.45, 2.75) is 0 Å². The first kappa shape index (κ1) is 10.0. The van der Waals surface area contributed by atoms with Crippen molar-refractivity contribution < 1.29 is 19.5 Å². The van der Waals surface area contributed by atoms with Gasteiger partial charge in [0.05, 0.1) is 5.56 Å². The Morgan fingerprint density at radius 1 is 1.38 bits per heavy atom. The number of phenols is 1. The maximum Gasteiger partial charge on any atom is 0.358 e. The minimum atomic E-state index is -1.27. The fourth-order valence-electron chi connectivity index (χ4n) is 1.39. The molecular weight excluding hydrogens is 212 g/mol. The first-order valence-electron chi connectivity index (χ1n) is 4.38. The zero-order valence-electron chi connectivity index (χ0n) is 8.04. The zero-order chi connectivity index (χ0) is 11.7. The van der Waals surface area contributed by atoms with Gasteiger partial charge in [-0.15, -0.1) is 0 Å². The Hall–Kier alpha value is -2.50. The first-order valence-corrected chi connectivity index (χ1v) is 4.38. The van der Waals surface area contributed by atoms with Gasteiger partial charge >= 0.3 is 5.97 Å². The molecular formula is C10H8N2O4. The smallest absolute Gasteiger partial charge is 0.358 e. The van der Waals surface area contributed by atoms with Crippen molar-refractivity contribution in [1.29, 1.82) is 0 Å². The van der Waals surface area contributed by atoms with Crippen LogP contribution in [0, 0.1) is 0 Å². The molecule has 0 spiro atoms. The lowest BCUT2D eigenvalue weighted by Gasteiger charge is -2.02. The summed E-state index contributed by atoms with van der Waals surface area (Å²) in [5.41, 5.74) is 5.52. The molecule has 0 amide bonds. The minimum Gasteiger partial charge on any atom is -0.507 e. The summed E-state index contributed by atoms with van der Waals surface area (Å²) in [4.78, 5) is 10.9. The summed E-state index contributed by atoms with van der Waals surface area (Å²) in [6.07, 6.45) is 0. The third-order valence-corrected chi connectivity index (χ3v) is 2.09. The summed E-state index contributed by atoms with van der Waals surface area (Å²) in [6.45, 7) is 0. The number of para-hydroxylation sites is 1. The summed E-state index contributed by atoms with van der Waals surface area (Å²) in [6, 6.07) is 6.22. The Morgan fingerprint density at radius 3 is 2.69 bits per heavy atom. The molecule has 0 atom stereocenters. The molecule has 2 aromatic rings. The van der Waals surface area contributed by atoms with E-state index in [9.17, 15) is 9.90 Å². The predicted octanol–water partition coefficient (Wildman–Crippen LogP) is 1.33. The molecule has 0 bridgehead atoms. The molecule has 0 saturated carbocycles. The van der Waals surface area contributed by atoms with E-state index < -0.39 is 5.97 Å². The van der Waals surface area contributed by atoms with Crippen LogP contribution in [-0.2, 0) is 0 Å². The number of carboxylic acids is 1. The lowest BCUT2D eigenvalue weighted by molar-refractivity contribution is 0.0686. The largest absolute Gasteiger partial charge is 0.507 e. The van der Waals surface area contributed by atoms with Gasteiger partial charge in [0.1, 0.15) is 5.75 Å². The molecule has 6 nitrogen and oxygen atoms in total. The lowest BCUT2D eigenvalue weighted by Crippen LogP contribution is -1.99. The fourth-order valence-corrected chi connectivity index (χ4v) is 1.39. The van der Waals surface area contributed by atoms with Gasteiger partial charge in [-0.1, -0.05) is 23.4 Å². The maximum absolute atomic E-state index is 10.9. The average Bonchev–Trinajstić information content (AvgIpc) is 2.61. The molecule has 1 heterocycles. The molecule has 0 saturated heterocycles. The number of nitrogens with zero attached hydrogens (tertiary/aromatic N) is 1. The van der Waals surface area contributed by atoms with Gasteiger partial charge in [-0.2, -0.15) is 0 Å². The second-order valence-electron chi connectivity index (χ2n) is 3.09. The van der Waals surface area contributed by atoms with Gasteiger partial charge in [-0.25, -0.2) is 4.79 Å². The molecule has 0 aliphatic rings. The van der Waals surface area contributed by atoms with Crippen molar-refractivity contribution in [1.82, 2.24) is 5.16 Å². The van der Waals surface area contributed by atoms with Crippen LogP contribution in [0.3, 0.4) is 0 Å². The highest BCUT2D eigenvalue weighted by Gasteiger charge is 2.22. The van der Waals surface area contributed by atoms with E-state index >= 15 is 0 Å². The van der Waals surface area contributed by atoms with Crippen LogP contribution in [0.4, 0.5) is 5.88 Å². The van der Waals surface area contributed by atoms with Crippen LogP contribution in [0.1, 0.15) is 10.5 Å². The normalized spacial score (nSPS) is 10.2. The van der Waals surface area contributed by atoms with Crippen molar-refractivity contribution >= 4 is 11.9 Å². The van der Waals surface area contributed by atoms with Crippen LogP contribution in [0.25, 0.3) is 11.1 Å². The predicted molar refractivity (Wildman–Crippen MR) is 55.0 cm³/mol. The Labute approximate surface area is 89.9 Å². The van der Waals surface area contributed by atoms with Crippen molar-refractivity contribution in [3.63, 3.8) is 0 Å². The Balaban J connectivity index is 2.68. The highest BCUT2D eigenvalue weighted by molar-refractivity contribution is 5.97. The van der Waals surface area contributed by atoms with Crippen LogP contribution in [0.5, 0.6) is 5.75 Å². The Morgan fingerprint density at radius 2 is 2.06 bits per heavy atom. The molecule has 6 heteroatoms. The number of benzene rings is 1. The number of carbonyl (C=O) groups is 1. The zero-order valence-corrected chi connectivity index (χ0v) is 8.04. The Kier molecular flexibility index (Phi) is 2.24. The third kappa shape index (κ3) is 1.46. The molecule has 0 radical (unpaired) electrons. The second-order valence-corrected chi connectivity index (χ2v) is 3.09. The van der Waals surface area contributed by atoms with Gasteiger partial charge < -0.3 is 20.5 Å². The van der Waals surface area contributed by atoms with Crippen molar-refractivity contribution in [3.8, 4) is 16.9 Å². The number of rotatable bonds is 2. The maximum atomic E-state index is 10.9. The van der Waals surface area contributed by atoms with Crippen LogP contribution in [0.2, 0.25) is 0 Å². The van der Waals surface area contributed by atoms with Crippen LogP contribution >= 0.6 is 0 Å². The highest BCUT2D eigenvalue weighted by Crippen LogP contribution is 2.35. The van der Waals surface area contributed by atoms with E-state index in [-0.39, 0.29) is 28.5 Å². The fraction of sp³-hybridized carbons (Fsp3) is 0. The molecule has 0 aliphatic heterocycles. The number of anilines is 1. The summed E-state index contributed by atoms with van der Waals surface area (Å²) in [5, 5.41) is 21.8. The number of nitrogen functional groups attached to an aromatic ring is 1. The van der Waals surface area contributed by atoms with Crippen LogP contribution < -0.4 is 5.73 Å². The number of aromatic carboxylic acids is 1. The molecule has 16 heavy (non-hydrogen) atoms. The summed E-state index contributed by atoms with van der Waals surface area (Å²) in [7, 11) is 0. The summed E-state index contributed by atoms with van der Waals surface area (Å²) < 4.78 is 4.60. The quantitative estimate of drug-likeness (QED) is 0.704. The van der Waals surface area contributed by atoms with Gasteiger partial charge in [-0.3, -0.25) is 0 Å². The number of hydrogen-bond acceptors (Lipinski definition) is 5. The number of nitrogens with two attached hydrogens (primary N) is 1. The van der Waals surface area contributed by atoms with Crippen molar-refractivity contribution in [2.75, 3.05) is 5.73 Å². The number of phenolic OH excluding ortho intramolecular Hbond substituents is 1. The molecule has 82 valence electrons. The molecule has 1 aromatic heterocycles. The molecule has 4 N–H and O–H groups in total. The highest BCUT2D eigenvalue weighted by atomic mass is 16.5. The van der Waals surface area contributed by atoms with E-state index in [2.05, 4.69) is 9.68 Å². The van der Waals surface area contributed by atoms with E-state index in [1.807, 2.05) is 0 Å². The average molecular weight is 220 g/mol. The SMILES string of the molecule is Nc1onc(C(=O)O)c1-c1ccccc1O. The van der Waals surface area contributed by atoms with Gasteiger partial charge in [0.2, 0.25) is 11.6 Å².